The maximum atomic E-state index is 11.9. The lowest BCUT2D eigenvalue weighted by atomic mass is 10.1. The number of pyridine rings is 1. The zero-order chi connectivity index (χ0) is 15.1. The van der Waals surface area contributed by atoms with E-state index < -0.39 is 5.97 Å². The van der Waals surface area contributed by atoms with Crippen molar-refractivity contribution in [1.82, 2.24) is 10.3 Å². The van der Waals surface area contributed by atoms with Crippen LogP contribution in [0.15, 0.2) is 54.7 Å². The van der Waals surface area contributed by atoms with Gasteiger partial charge < -0.3 is 10.4 Å². The van der Waals surface area contributed by atoms with Crippen LogP contribution in [-0.2, 0) is 11.3 Å². The first-order valence-electron chi connectivity index (χ1n) is 6.34. The Bertz CT molecular complexity index is 649. The Kier molecular flexibility index (Phi) is 4.82. The highest BCUT2D eigenvalue weighted by atomic mass is 16.4. The minimum atomic E-state index is -1.01. The van der Waals surface area contributed by atoms with E-state index in [1.807, 2.05) is 18.2 Å². The molecule has 21 heavy (non-hydrogen) atoms. The molecular formula is C16H14N2O3. The number of carboxylic acid groups (broad SMARTS) is 1. The lowest BCUT2D eigenvalue weighted by Gasteiger charge is -2.05. The number of carbonyl (C=O) groups is 2. The molecule has 0 radical (unpaired) electrons. The SMILES string of the molecule is O=C(O)C=Cc1ccc(C(=O)NCc2ccccn2)cc1. The number of aliphatic carboxylic acids is 1. The van der Waals surface area contributed by atoms with Crippen molar-refractivity contribution in [1.29, 1.82) is 0 Å². The van der Waals surface area contributed by atoms with Crippen molar-refractivity contribution in [2.24, 2.45) is 0 Å². The molecule has 106 valence electrons. The van der Waals surface area contributed by atoms with Gasteiger partial charge in [0.15, 0.2) is 0 Å². The normalized spacial score (nSPS) is 10.5. The van der Waals surface area contributed by atoms with Gasteiger partial charge in [-0.05, 0) is 35.9 Å². The van der Waals surface area contributed by atoms with Crippen LogP contribution in [-0.4, -0.2) is 22.0 Å². The van der Waals surface area contributed by atoms with Crippen molar-refractivity contribution in [2.45, 2.75) is 6.54 Å². The Labute approximate surface area is 122 Å². The monoisotopic (exact) mass is 282 g/mol. The van der Waals surface area contributed by atoms with Gasteiger partial charge in [0.2, 0.25) is 0 Å². The van der Waals surface area contributed by atoms with E-state index >= 15 is 0 Å². The molecule has 2 aromatic rings. The minimum absolute atomic E-state index is 0.200. The van der Waals surface area contributed by atoms with Crippen LogP contribution in [0.4, 0.5) is 0 Å². The molecule has 0 aliphatic carbocycles. The maximum Gasteiger partial charge on any atom is 0.328 e. The molecular weight excluding hydrogens is 268 g/mol. The highest BCUT2D eigenvalue weighted by molar-refractivity contribution is 5.94. The molecule has 2 rings (SSSR count). The van der Waals surface area contributed by atoms with Crippen molar-refractivity contribution in [3.05, 3.63) is 71.6 Å². The van der Waals surface area contributed by atoms with Gasteiger partial charge in [-0.1, -0.05) is 18.2 Å². The quantitative estimate of drug-likeness (QED) is 0.823. The Morgan fingerprint density at radius 1 is 1.14 bits per heavy atom. The molecule has 0 atom stereocenters. The first-order valence-corrected chi connectivity index (χ1v) is 6.34. The van der Waals surface area contributed by atoms with E-state index in [0.717, 1.165) is 17.3 Å². The molecule has 5 heteroatoms. The second-order valence-electron chi connectivity index (χ2n) is 4.30. The molecule has 0 unspecified atom stereocenters. The molecule has 1 amide bonds. The van der Waals surface area contributed by atoms with Gasteiger partial charge in [0, 0.05) is 17.8 Å². The third-order valence-electron chi connectivity index (χ3n) is 2.75. The number of nitrogens with one attached hydrogen (secondary N) is 1. The van der Waals surface area contributed by atoms with Crippen LogP contribution in [0.3, 0.4) is 0 Å². The molecule has 0 aliphatic rings. The maximum absolute atomic E-state index is 11.9. The average Bonchev–Trinajstić information content (AvgIpc) is 2.52. The summed E-state index contributed by atoms with van der Waals surface area (Å²) in [6, 6.07) is 12.2. The number of amides is 1. The third-order valence-corrected chi connectivity index (χ3v) is 2.75. The van der Waals surface area contributed by atoms with E-state index in [4.69, 9.17) is 5.11 Å². The summed E-state index contributed by atoms with van der Waals surface area (Å²) in [5.41, 5.74) is 2.02. The van der Waals surface area contributed by atoms with E-state index in [2.05, 4.69) is 10.3 Å². The number of nitrogens with zero attached hydrogens (tertiary/aromatic N) is 1. The van der Waals surface area contributed by atoms with Crippen molar-refractivity contribution < 1.29 is 14.7 Å². The molecule has 0 spiro atoms. The van der Waals surface area contributed by atoms with Crippen molar-refractivity contribution in [3.63, 3.8) is 0 Å². The smallest absolute Gasteiger partial charge is 0.328 e. The van der Waals surface area contributed by atoms with Crippen LogP contribution in [0, 0.1) is 0 Å². The molecule has 0 saturated carbocycles. The van der Waals surface area contributed by atoms with Gasteiger partial charge in [0.1, 0.15) is 0 Å². The number of hydrogen-bond acceptors (Lipinski definition) is 3. The number of aromatic nitrogens is 1. The predicted octanol–water partition coefficient (Wildman–Crippen LogP) is 2.11. The number of benzene rings is 1. The zero-order valence-electron chi connectivity index (χ0n) is 11.2. The fraction of sp³-hybridized carbons (Fsp3) is 0.0625. The number of carbonyl (C=O) groups excluding carboxylic acids is 1. The number of rotatable bonds is 5. The van der Waals surface area contributed by atoms with Gasteiger partial charge in [-0.25, -0.2) is 4.79 Å². The second kappa shape index (κ2) is 7.00. The van der Waals surface area contributed by atoms with Gasteiger partial charge in [-0.15, -0.1) is 0 Å². The summed E-state index contributed by atoms with van der Waals surface area (Å²) in [5.74, 6) is -1.21. The van der Waals surface area contributed by atoms with Gasteiger partial charge in [-0.3, -0.25) is 9.78 Å². The van der Waals surface area contributed by atoms with Gasteiger partial charge in [-0.2, -0.15) is 0 Å². The molecule has 2 N–H and O–H groups in total. The van der Waals surface area contributed by atoms with Crippen LogP contribution >= 0.6 is 0 Å². The van der Waals surface area contributed by atoms with E-state index in [1.54, 1.807) is 30.5 Å². The lowest BCUT2D eigenvalue weighted by Crippen LogP contribution is -2.23. The first kappa shape index (κ1) is 14.5. The van der Waals surface area contributed by atoms with Crippen LogP contribution in [0.5, 0.6) is 0 Å². The summed E-state index contributed by atoms with van der Waals surface area (Å²) >= 11 is 0. The number of hydrogen-bond donors (Lipinski definition) is 2. The average molecular weight is 282 g/mol. The summed E-state index contributed by atoms with van der Waals surface area (Å²) in [6.45, 7) is 0.361. The zero-order valence-corrected chi connectivity index (χ0v) is 11.2. The highest BCUT2D eigenvalue weighted by Crippen LogP contribution is 2.06. The predicted molar refractivity (Wildman–Crippen MR) is 78.5 cm³/mol. The number of carboxylic acids is 1. The Morgan fingerprint density at radius 3 is 2.52 bits per heavy atom. The highest BCUT2D eigenvalue weighted by Gasteiger charge is 2.04. The molecule has 0 bridgehead atoms. The molecule has 1 aromatic carbocycles. The van der Waals surface area contributed by atoms with Gasteiger partial charge in [0.25, 0.3) is 5.91 Å². The Balaban J connectivity index is 1.95. The minimum Gasteiger partial charge on any atom is -0.478 e. The molecule has 5 nitrogen and oxygen atoms in total. The summed E-state index contributed by atoms with van der Waals surface area (Å²) in [7, 11) is 0. The topological polar surface area (TPSA) is 79.3 Å². The summed E-state index contributed by atoms with van der Waals surface area (Å²) < 4.78 is 0. The summed E-state index contributed by atoms with van der Waals surface area (Å²) in [6.07, 6.45) is 4.19. The van der Waals surface area contributed by atoms with Crippen molar-refractivity contribution in [2.75, 3.05) is 0 Å². The largest absolute Gasteiger partial charge is 0.478 e. The molecule has 0 saturated heterocycles. The van der Waals surface area contributed by atoms with Gasteiger partial charge in [0.05, 0.1) is 12.2 Å². The first-order chi connectivity index (χ1) is 10.1. The second-order valence-corrected chi connectivity index (χ2v) is 4.30. The van der Waals surface area contributed by atoms with E-state index in [9.17, 15) is 9.59 Å². The van der Waals surface area contributed by atoms with Crippen LogP contribution < -0.4 is 5.32 Å². The molecule has 1 heterocycles. The van der Waals surface area contributed by atoms with Crippen molar-refractivity contribution >= 4 is 18.0 Å². The fourth-order valence-corrected chi connectivity index (χ4v) is 1.69. The summed E-state index contributed by atoms with van der Waals surface area (Å²) in [4.78, 5) is 26.5. The fourth-order valence-electron chi connectivity index (χ4n) is 1.69. The van der Waals surface area contributed by atoms with E-state index in [0.29, 0.717) is 12.1 Å². The van der Waals surface area contributed by atoms with Crippen LogP contribution in [0.25, 0.3) is 6.08 Å². The summed E-state index contributed by atoms with van der Waals surface area (Å²) in [5, 5.41) is 11.3. The molecule has 1 aromatic heterocycles. The van der Waals surface area contributed by atoms with Crippen LogP contribution in [0.1, 0.15) is 21.6 Å². The van der Waals surface area contributed by atoms with Gasteiger partial charge >= 0.3 is 5.97 Å². The standard InChI is InChI=1S/C16H14N2O3/c19-15(20)9-6-12-4-7-13(8-5-12)16(21)18-11-14-3-1-2-10-17-14/h1-10H,11H2,(H,18,21)(H,19,20). The molecule has 0 aliphatic heterocycles. The Morgan fingerprint density at radius 2 is 1.90 bits per heavy atom. The van der Waals surface area contributed by atoms with E-state index in [-0.39, 0.29) is 5.91 Å². The van der Waals surface area contributed by atoms with E-state index in [1.165, 1.54) is 6.08 Å². The third kappa shape index (κ3) is 4.58. The Hall–Kier alpha value is -2.95. The molecule has 0 fully saturated rings. The lowest BCUT2D eigenvalue weighted by molar-refractivity contribution is -0.131. The van der Waals surface area contributed by atoms with Crippen LogP contribution in [0.2, 0.25) is 0 Å². The van der Waals surface area contributed by atoms with Crippen molar-refractivity contribution in [3.8, 4) is 0 Å².